The molecule has 202 valence electrons. The molecule has 0 spiro atoms. The first kappa shape index (κ1) is 27.5. The third-order valence-corrected chi connectivity index (χ3v) is 11.1. The smallest absolute Gasteiger partial charge is 0.416 e. The molecular weight excluding hydrogens is 584 g/mol. The lowest BCUT2D eigenvalue weighted by Crippen LogP contribution is -2.27. The predicted molar refractivity (Wildman–Crippen MR) is 160 cm³/mol. The summed E-state index contributed by atoms with van der Waals surface area (Å²) in [6.45, 7) is 9.04. The molecule has 0 saturated heterocycles. The molecule has 39 heavy (non-hydrogen) atoms. The summed E-state index contributed by atoms with van der Waals surface area (Å²) in [6, 6.07) is 27.2. The van der Waals surface area contributed by atoms with E-state index in [0.29, 0.717) is 5.75 Å². The molecule has 0 fully saturated rings. The molecule has 0 bridgehead atoms. The van der Waals surface area contributed by atoms with Gasteiger partial charge >= 0.3 is 6.18 Å². The Bertz CT molecular complexity index is 1730. The van der Waals surface area contributed by atoms with Gasteiger partial charge in [-0.25, -0.2) is 4.74 Å². The van der Waals surface area contributed by atoms with Gasteiger partial charge in [-0.05, 0) is 67.6 Å². The van der Waals surface area contributed by atoms with Crippen molar-refractivity contribution >= 4 is 56.0 Å². The molecule has 4 aromatic carbocycles. The van der Waals surface area contributed by atoms with E-state index in [-0.39, 0.29) is 5.69 Å². The summed E-state index contributed by atoms with van der Waals surface area (Å²) in [6.07, 6.45) is -4.47. The van der Waals surface area contributed by atoms with Gasteiger partial charge in [0.25, 0.3) is 0 Å². The molecule has 3 nitrogen and oxygen atoms in total. The highest BCUT2D eigenvalue weighted by Crippen LogP contribution is 2.62. The molecule has 1 aromatic heterocycles. The number of fused-ring (bicyclic) bond motifs is 3. The number of alkyl halides is 3. The van der Waals surface area contributed by atoms with Crippen LogP contribution in [0.2, 0.25) is 0 Å². The molecular formula is C31H29BrF3N2OP. The minimum atomic E-state index is -4.47. The monoisotopic (exact) mass is 612 g/mol. The Morgan fingerprint density at radius 1 is 0.821 bits per heavy atom. The molecule has 1 heterocycles. The van der Waals surface area contributed by atoms with Gasteiger partial charge in [0.05, 0.1) is 11.3 Å². The van der Waals surface area contributed by atoms with Crippen molar-refractivity contribution in [2.75, 3.05) is 0 Å². The van der Waals surface area contributed by atoms with Gasteiger partial charge < -0.3 is 9.09 Å². The largest absolute Gasteiger partial charge is 0.455 e. The summed E-state index contributed by atoms with van der Waals surface area (Å²) in [5, 5.41) is 2.49. The van der Waals surface area contributed by atoms with Crippen LogP contribution in [0.4, 0.5) is 18.9 Å². The van der Waals surface area contributed by atoms with E-state index < -0.39 is 24.2 Å². The highest BCUT2D eigenvalue weighted by molar-refractivity contribution is 9.10. The molecule has 0 amide bonds. The van der Waals surface area contributed by atoms with E-state index in [2.05, 4.69) is 51.7 Å². The molecule has 0 aliphatic carbocycles. The van der Waals surface area contributed by atoms with Crippen molar-refractivity contribution in [3.63, 3.8) is 0 Å². The van der Waals surface area contributed by atoms with E-state index in [1.54, 1.807) is 6.07 Å². The van der Waals surface area contributed by atoms with Crippen molar-refractivity contribution in [3.8, 4) is 5.75 Å². The quantitative estimate of drug-likeness (QED) is 0.181. The Hall–Kier alpha value is -3.02. The van der Waals surface area contributed by atoms with E-state index in [9.17, 15) is 13.2 Å². The summed E-state index contributed by atoms with van der Waals surface area (Å²) in [4.78, 5) is 0. The van der Waals surface area contributed by atoms with Crippen LogP contribution in [-0.4, -0.2) is 9.72 Å². The van der Waals surface area contributed by atoms with Crippen molar-refractivity contribution < 1.29 is 17.7 Å². The second kappa shape index (κ2) is 10.2. The van der Waals surface area contributed by atoms with Crippen molar-refractivity contribution in [2.24, 2.45) is 4.74 Å². The van der Waals surface area contributed by atoms with Crippen LogP contribution in [0.5, 0.6) is 5.75 Å². The van der Waals surface area contributed by atoms with Crippen LogP contribution in [0, 0.1) is 0 Å². The lowest BCUT2D eigenvalue weighted by atomic mass is 10.1. The number of hydrogen-bond acceptors (Lipinski definition) is 2. The molecule has 1 atom stereocenters. The van der Waals surface area contributed by atoms with E-state index in [4.69, 9.17) is 9.27 Å². The van der Waals surface area contributed by atoms with E-state index >= 15 is 0 Å². The lowest BCUT2D eigenvalue weighted by Gasteiger charge is -2.37. The molecule has 5 aromatic rings. The van der Waals surface area contributed by atoms with Crippen LogP contribution in [0.25, 0.3) is 21.8 Å². The zero-order valence-corrected chi connectivity index (χ0v) is 24.6. The summed E-state index contributed by atoms with van der Waals surface area (Å²) < 4.78 is 56.0. The van der Waals surface area contributed by atoms with Crippen molar-refractivity contribution in [2.45, 2.75) is 45.6 Å². The minimum absolute atomic E-state index is 0.235. The molecule has 0 aliphatic rings. The van der Waals surface area contributed by atoms with Gasteiger partial charge in [0, 0.05) is 43.3 Å². The van der Waals surface area contributed by atoms with Gasteiger partial charge in [-0.3, -0.25) is 0 Å². The van der Waals surface area contributed by atoms with Crippen molar-refractivity contribution in [1.29, 1.82) is 0 Å². The number of hydrogen-bond donors (Lipinski definition) is 0. The van der Waals surface area contributed by atoms with Crippen LogP contribution < -0.4 is 9.83 Å². The zero-order valence-electron chi connectivity index (χ0n) is 22.1. The fraction of sp³-hybridized carbons (Fsp3) is 0.226. The van der Waals surface area contributed by atoms with Gasteiger partial charge in [0.1, 0.15) is 5.75 Å². The maximum absolute atomic E-state index is 13.6. The van der Waals surface area contributed by atoms with Crippen molar-refractivity contribution in [3.05, 3.63) is 101 Å². The van der Waals surface area contributed by atoms with E-state index in [1.165, 1.54) is 6.07 Å². The van der Waals surface area contributed by atoms with Gasteiger partial charge in [-0.1, -0.05) is 67.0 Å². The Labute approximate surface area is 234 Å². The highest BCUT2D eigenvalue weighted by Gasteiger charge is 2.40. The Kier molecular flexibility index (Phi) is 7.19. The maximum Gasteiger partial charge on any atom is 0.416 e. The van der Waals surface area contributed by atoms with Crippen LogP contribution in [0.15, 0.2) is 100 Å². The summed E-state index contributed by atoms with van der Waals surface area (Å²) in [5.41, 5.74) is 1.73. The summed E-state index contributed by atoms with van der Waals surface area (Å²) >= 11 is 3.52. The molecule has 0 aliphatic heterocycles. The topological polar surface area (TPSA) is 26.5 Å². The van der Waals surface area contributed by atoms with Gasteiger partial charge in [-0.2, -0.15) is 13.2 Å². The summed E-state index contributed by atoms with van der Waals surface area (Å²) in [7, 11) is -3.02. The maximum atomic E-state index is 13.6. The van der Waals surface area contributed by atoms with Gasteiger partial charge in [0.15, 0.2) is 7.28 Å². The van der Waals surface area contributed by atoms with Crippen LogP contribution >= 0.6 is 23.2 Å². The van der Waals surface area contributed by atoms with Gasteiger partial charge in [0.2, 0.25) is 0 Å². The average Bonchev–Trinajstić information content (AvgIpc) is 3.20. The standard InChI is InChI=1S/C31H29BrF3N2OP/c1-5-37-28-15-7-6-14-26(28)27-20-25(16-17-29(27)37)39(30(2,3)4,38-24-13-9-11-22(32)19-24)36-23-12-8-10-21(18-23)31(33,34)35/h6-20H,5H2,1-4H3. The fourth-order valence-corrected chi connectivity index (χ4v) is 8.40. The first-order chi connectivity index (χ1) is 18.4. The third kappa shape index (κ3) is 5.15. The number of halogens is 4. The van der Waals surface area contributed by atoms with Crippen LogP contribution in [0.1, 0.15) is 33.3 Å². The Balaban J connectivity index is 1.85. The number of benzene rings is 4. The molecule has 0 N–H and O–H groups in total. The number of nitrogens with zero attached hydrogens (tertiary/aromatic N) is 2. The number of rotatable bonds is 5. The Morgan fingerprint density at radius 2 is 1.54 bits per heavy atom. The average molecular weight is 613 g/mol. The third-order valence-electron chi connectivity index (χ3n) is 6.79. The summed E-state index contributed by atoms with van der Waals surface area (Å²) in [5.74, 6) is 0.597. The van der Waals surface area contributed by atoms with E-state index in [1.807, 2.05) is 63.2 Å². The lowest BCUT2D eigenvalue weighted by molar-refractivity contribution is -0.137. The molecule has 0 radical (unpaired) electrons. The molecule has 0 saturated carbocycles. The highest BCUT2D eigenvalue weighted by atomic mass is 79.9. The van der Waals surface area contributed by atoms with Crippen LogP contribution in [-0.2, 0) is 12.7 Å². The van der Waals surface area contributed by atoms with Crippen LogP contribution in [0.3, 0.4) is 0 Å². The normalized spacial score (nSPS) is 13.9. The first-order valence-corrected chi connectivity index (χ1v) is 15.1. The SMILES string of the molecule is CCn1c2ccccc2c2cc(P(=Nc3cccc(C(F)(F)F)c3)(Oc3cccc(Br)c3)C(C)(C)C)ccc21. The molecule has 1 unspecified atom stereocenters. The number of para-hydroxylation sites is 1. The van der Waals surface area contributed by atoms with E-state index in [0.717, 1.165) is 50.3 Å². The predicted octanol–water partition coefficient (Wildman–Crippen LogP) is 10.5. The number of aryl methyl sites for hydroxylation is 1. The zero-order chi connectivity index (χ0) is 28.0. The number of aromatic nitrogens is 1. The molecule has 8 heteroatoms. The second-order valence-corrected chi connectivity index (χ2v) is 14.7. The second-order valence-electron chi connectivity index (χ2n) is 10.4. The fourth-order valence-electron chi connectivity index (χ4n) is 4.96. The van der Waals surface area contributed by atoms with Gasteiger partial charge in [-0.15, -0.1) is 0 Å². The minimum Gasteiger partial charge on any atom is -0.455 e. The van der Waals surface area contributed by atoms with Crippen molar-refractivity contribution in [1.82, 2.24) is 4.57 Å². The Morgan fingerprint density at radius 3 is 2.23 bits per heavy atom. The first-order valence-electron chi connectivity index (χ1n) is 12.7. The molecule has 5 rings (SSSR count).